The van der Waals surface area contributed by atoms with Gasteiger partial charge in [0.25, 0.3) is 0 Å². The Hall–Kier alpha value is -2.03. The minimum atomic E-state index is -0.411. The molecular weight excluding hydrogens is 217 g/mol. The van der Waals surface area contributed by atoms with Crippen molar-refractivity contribution in [2.24, 2.45) is 0 Å². The largest absolute Gasteiger partial charge is 0.287 e. The normalized spacial score (nSPS) is 10.3. The Morgan fingerprint density at radius 2 is 1.94 bits per heavy atom. The van der Waals surface area contributed by atoms with Crippen LogP contribution in [0.3, 0.4) is 0 Å². The van der Waals surface area contributed by atoms with E-state index in [0.29, 0.717) is 11.3 Å². The Bertz CT molecular complexity index is 578. The topological polar surface area (TPSA) is 30.0 Å². The van der Waals surface area contributed by atoms with Gasteiger partial charge in [-0.1, -0.05) is 12.1 Å². The second kappa shape index (κ2) is 4.45. The number of halogens is 1. The van der Waals surface area contributed by atoms with Gasteiger partial charge in [-0.05, 0) is 43.7 Å². The maximum absolute atomic E-state index is 13.1. The number of nitrogens with zero attached hydrogens (tertiary/aromatic N) is 1. The van der Waals surface area contributed by atoms with Gasteiger partial charge in [0.2, 0.25) is 5.78 Å². The summed E-state index contributed by atoms with van der Waals surface area (Å²) >= 11 is 0. The molecule has 2 nitrogen and oxygen atoms in total. The highest BCUT2D eigenvalue weighted by Crippen LogP contribution is 2.14. The molecule has 0 unspecified atom stereocenters. The van der Waals surface area contributed by atoms with Crippen LogP contribution in [0.25, 0.3) is 0 Å². The molecule has 2 rings (SSSR count). The number of benzene rings is 1. The molecule has 0 saturated carbocycles. The summed E-state index contributed by atoms with van der Waals surface area (Å²) in [6.45, 7) is 3.59. The third kappa shape index (κ3) is 2.38. The van der Waals surface area contributed by atoms with Crippen molar-refractivity contribution >= 4 is 5.78 Å². The Balaban J connectivity index is 2.47. The van der Waals surface area contributed by atoms with Gasteiger partial charge in [0.05, 0.1) is 0 Å². The number of pyridine rings is 1. The Morgan fingerprint density at radius 1 is 1.18 bits per heavy atom. The lowest BCUT2D eigenvalue weighted by Crippen LogP contribution is -2.07. The number of aromatic nitrogens is 1. The Kier molecular flexibility index (Phi) is 3.00. The fourth-order valence-electron chi connectivity index (χ4n) is 1.65. The minimum absolute atomic E-state index is 0.245. The zero-order valence-electron chi connectivity index (χ0n) is 9.70. The summed E-state index contributed by atoms with van der Waals surface area (Å²) in [5.74, 6) is -0.655. The average Bonchev–Trinajstić information content (AvgIpc) is 2.31. The van der Waals surface area contributed by atoms with Crippen LogP contribution in [0.5, 0.6) is 0 Å². The number of aryl methyl sites for hydroxylation is 2. The highest BCUT2D eigenvalue weighted by molar-refractivity contribution is 6.08. The van der Waals surface area contributed by atoms with Crippen LogP contribution in [-0.2, 0) is 0 Å². The molecule has 1 aromatic heterocycles. The molecule has 0 aliphatic carbocycles. The molecule has 86 valence electrons. The van der Waals surface area contributed by atoms with Crippen LogP contribution in [0.4, 0.5) is 4.39 Å². The van der Waals surface area contributed by atoms with E-state index in [1.807, 2.05) is 13.0 Å². The molecule has 3 heteroatoms. The number of hydrogen-bond donors (Lipinski definition) is 0. The number of rotatable bonds is 2. The quantitative estimate of drug-likeness (QED) is 0.741. The first-order valence-corrected chi connectivity index (χ1v) is 5.32. The lowest BCUT2D eigenvalue weighted by molar-refractivity contribution is 0.103. The second-order valence-electron chi connectivity index (χ2n) is 3.95. The van der Waals surface area contributed by atoms with Crippen molar-refractivity contribution in [1.82, 2.24) is 4.98 Å². The van der Waals surface area contributed by atoms with Crippen LogP contribution in [0.15, 0.2) is 36.4 Å². The molecule has 0 spiro atoms. The fraction of sp³-hybridized carbons (Fsp3) is 0.143. The number of ketones is 1. The van der Waals surface area contributed by atoms with E-state index in [9.17, 15) is 9.18 Å². The summed E-state index contributed by atoms with van der Waals surface area (Å²) in [4.78, 5) is 16.3. The lowest BCUT2D eigenvalue weighted by Gasteiger charge is -2.05. The molecule has 0 N–H and O–H groups in total. The molecular formula is C14H12FNO. The van der Waals surface area contributed by atoms with E-state index in [4.69, 9.17) is 0 Å². The average molecular weight is 229 g/mol. The molecule has 0 aliphatic heterocycles. The highest BCUT2D eigenvalue weighted by Gasteiger charge is 2.13. The van der Waals surface area contributed by atoms with E-state index >= 15 is 0 Å². The first-order valence-electron chi connectivity index (χ1n) is 5.32. The van der Waals surface area contributed by atoms with E-state index in [0.717, 1.165) is 11.3 Å². The van der Waals surface area contributed by atoms with E-state index in [2.05, 4.69) is 4.98 Å². The summed E-state index contributed by atoms with van der Waals surface area (Å²) in [5.41, 5.74) is 2.23. The Labute approximate surface area is 99.1 Å². The minimum Gasteiger partial charge on any atom is -0.287 e. The molecule has 2 aromatic rings. The monoisotopic (exact) mass is 229 g/mol. The summed E-state index contributed by atoms with van der Waals surface area (Å²) < 4.78 is 13.1. The molecule has 1 heterocycles. The second-order valence-corrected chi connectivity index (χ2v) is 3.95. The van der Waals surface area contributed by atoms with Gasteiger partial charge in [-0.2, -0.15) is 0 Å². The maximum atomic E-state index is 13.1. The van der Waals surface area contributed by atoms with E-state index in [-0.39, 0.29) is 5.78 Å². The van der Waals surface area contributed by atoms with Gasteiger partial charge >= 0.3 is 0 Å². The highest BCUT2D eigenvalue weighted by atomic mass is 19.1. The van der Waals surface area contributed by atoms with E-state index in [1.54, 1.807) is 25.1 Å². The SMILES string of the molecule is Cc1cccc(C(=O)c2cc(F)ccc2C)n1. The number of carbonyl (C=O) groups excluding carboxylic acids is 1. The van der Waals surface area contributed by atoms with Crippen LogP contribution < -0.4 is 0 Å². The molecule has 0 amide bonds. The molecule has 17 heavy (non-hydrogen) atoms. The fourth-order valence-corrected chi connectivity index (χ4v) is 1.65. The van der Waals surface area contributed by atoms with Gasteiger partial charge in [0, 0.05) is 11.3 Å². The van der Waals surface area contributed by atoms with Crippen LogP contribution >= 0.6 is 0 Å². The standard InChI is InChI=1S/C14H12FNO/c1-9-6-7-11(15)8-12(9)14(17)13-5-3-4-10(2)16-13/h3-8H,1-2H3. The Morgan fingerprint density at radius 3 is 2.65 bits per heavy atom. The molecule has 0 aliphatic rings. The van der Waals surface area contributed by atoms with Crippen LogP contribution in [0.1, 0.15) is 27.3 Å². The first-order chi connectivity index (χ1) is 8.08. The van der Waals surface area contributed by atoms with Crippen molar-refractivity contribution in [2.75, 3.05) is 0 Å². The van der Waals surface area contributed by atoms with Crippen LogP contribution in [0, 0.1) is 19.7 Å². The lowest BCUT2D eigenvalue weighted by atomic mass is 10.0. The zero-order chi connectivity index (χ0) is 12.4. The third-order valence-electron chi connectivity index (χ3n) is 2.57. The van der Waals surface area contributed by atoms with Crippen molar-refractivity contribution < 1.29 is 9.18 Å². The van der Waals surface area contributed by atoms with Gasteiger partial charge in [0.1, 0.15) is 11.5 Å². The predicted molar refractivity (Wildman–Crippen MR) is 63.5 cm³/mol. The molecule has 0 bridgehead atoms. The molecule has 0 atom stereocenters. The van der Waals surface area contributed by atoms with Gasteiger partial charge in [-0.25, -0.2) is 9.37 Å². The van der Waals surface area contributed by atoms with Gasteiger partial charge < -0.3 is 0 Å². The number of hydrogen-bond acceptors (Lipinski definition) is 2. The molecule has 0 radical (unpaired) electrons. The van der Waals surface area contributed by atoms with Gasteiger partial charge in [-0.3, -0.25) is 4.79 Å². The third-order valence-corrected chi connectivity index (χ3v) is 2.57. The van der Waals surface area contributed by atoms with Crippen molar-refractivity contribution in [2.45, 2.75) is 13.8 Å². The smallest absolute Gasteiger partial charge is 0.211 e. The van der Waals surface area contributed by atoms with Gasteiger partial charge in [-0.15, -0.1) is 0 Å². The zero-order valence-corrected chi connectivity index (χ0v) is 9.70. The van der Waals surface area contributed by atoms with Crippen molar-refractivity contribution in [3.8, 4) is 0 Å². The molecule has 0 fully saturated rings. The van der Waals surface area contributed by atoms with E-state index in [1.165, 1.54) is 12.1 Å². The van der Waals surface area contributed by atoms with Crippen molar-refractivity contribution in [3.63, 3.8) is 0 Å². The summed E-state index contributed by atoms with van der Waals surface area (Å²) in [5, 5.41) is 0. The summed E-state index contributed by atoms with van der Waals surface area (Å²) in [6.07, 6.45) is 0. The predicted octanol–water partition coefficient (Wildman–Crippen LogP) is 3.07. The van der Waals surface area contributed by atoms with Gasteiger partial charge in [0.15, 0.2) is 0 Å². The summed E-state index contributed by atoms with van der Waals surface area (Å²) in [7, 11) is 0. The van der Waals surface area contributed by atoms with Crippen LogP contribution in [-0.4, -0.2) is 10.8 Å². The van der Waals surface area contributed by atoms with Crippen molar-refractivity contribution in [3.05, 3.63) is 64.7 Å². The maximum Gasteiger partial charge on any atom is 0.211 e. The molecule has 0 saturated heterocycles. The van der Waals surface area contributed by atoms with Crippen LogP contribution in [0.2, 0.25) is 0 Å². The van der Waals surface area contributed by atoms with E-state index < -0.39 is 5.82 Å². The molecule has 1 aromatic carbocycles. The van der Waals surface area contributed by atoms with Crippen molar-refractivity contribution in [1.29, 1.82) is 0 Å². The number of carbonyl (C=O) groups is 1. The first kappa shape index (κ1) is 11.5. The summed E-state index contributed by atoms with van der Waals surface area (Å²) in [6, 6.07) is 9.41.